The number of hydrogen-bond donors (Lipinski definition) is 0. The minimum Gasteiger partial charge on any atom is -0.310 e. The van der Waals surface area contributed by atoms with E-state index in [-0.39, 0.29) is 0 Å². The maximum Gasteiger partial charge on any atom is 0.0468 e. The number of benzene rings is 10. The predicted octanol–water partition coefficient (Wildman–Crippen LogP) is 15.5. The average Bonchev–Trinajstić information content (AvgIpc) is 3.63. The summed E-state index contributed by atoms with van der Waals surface area (Å²) in [6.45, 7) is 0. The normalized spacial score (nSPS) is 11.7. The van der Waals surface area contributed by atoms with Gasteiger partial charge < -0.3 is 4.90 Å². The lowest BCUT2D eigenvalue weighted by atomic mass is 9.94. The molecule has 0 aliphatic rings. The number of anilines is 3. The van der Waals surface area contributed by atoms with E-state index < -0.39 is 0 Å². The van der Waals surface area contributed by atoms with Crippen LogP contribution < -0.4 is 4.90 Å². The molecule has 11 aromatic rings. The molecule has 54 heavy (non-hydrogen) atoms. The molecule has 1 aromatic heterocycles. The molecule has 11 rings (SSSR count). The Balaban J connectivity index is 1.05. The van der Waals surface area contributed by atoms with E-state index in [1.54, 1.807) is 0 Å². The van der Waals surface area contributed by atoms with Crippen LogP contribution in [0.2, 0.25) is 0 Å². The van der Waals surface area contributed by atoms with Crippen LogP contribution in [0.25, 0.3) is 85.5 Å². The Labute approximate surface area is 317 Å². The van der Waals surface area contributed by atoms with Crippen molar-refractivity contribution >= 4 is 91.7 Å². The lowest BCUT2D eigenvalue weighted by Gasteiger charge is -2.26. The zero-order valence-corrected chi connectivity index (χ0v) is 30.2. The standard InChI is InChI=1S/C52H33NS/c1-2-9-34(10-3-1)39-13-8-14-42(31-39)53(43-26-30-51-50(33-43)48-29-23-37-12-5-7-16-45(37)52(48)54-51)41-24-19-35(20-25-41)40-18-17-38-22-27-46-44-15-6-4-11-36(44)21-28-47(46)49(38)32-40/h1-33H. The topological polar surface area (TPSA) is 3.24 Å². The molecule has 0 unspecified atom stereocenters. The Morgan fingerprint density at radius 3 is 1.65 bits per heavy atom. The lowest BCUT2D eigenvalue weighted by Crippen LogP contribution is -2.10. The van der Waals surface area contributed by atoms with Gasteiger partial charge in [0.25, 0.3) is 0 Å². The van der Waals surface area contributed by atoms with Crippen LogP contribution in [0.15, 0.2) is 200 Å². The number of rotatable bonds is 5. The summed E-state index contributed by atoms with van der Waals surface area (Å²) in [5.41, 5.74) is 8.19. The summed E-state index contributed by atoms with van der Waals surface area (Å²) in [5.74, 6) is 0. The molecule has 252 valence electrons. The van der Waals surface area contributed by atoms with Crippen LogP contribution in [-0.2, 0) is 0 Å². The first-order chi connectivity index (χ1) is 26.7. The summed E-state index contributed by atoms with van der Waals surface area (Å²) in [6, 6.07) is 73.5. The number of hydrogen-bond acceptors (Lipinski definition) is 2. The first kappa shape index (κ1) is 30.8. The minimum absolute atomic E-state index is 1.12. The van der Waals surface area contributed by atoms with Gasteiger partial charge in [-0.2, -0.15) is 0 Å². The van der Waals surface area contributed by atoms with E-state index in [0.29, 0.717) is 0 Å². The smallest absolute Gasteiger partial charge is 0.0468 e. The van der Waals surface area contributed by atoms with Gasteiger partial charge >= 0.3 is 0 Å². The van der Waals surface area contributed by atoms with Crippen molar-refractivity contribution in [2.45, 2.75) is 0 Å². The van der Waals surface area contributed by atoms with Crippen molar-refractivity contribution in [3.63, 3.8) is 0 Å². The lowest BCUT2D eigenvalue weighted by molar-refractivity contribution is 1.29. The average molecular weight is 704 g/mol. The zero-order valence-electron chi connectivity index (χ0n) is 29.4. The second kappa shape index (κ2) is 12.4. The molecule has 0 N–H and O–H groups in total. The highest BCUT2D eigenvalue weighted by molar-refractivity contribution is 7.26. The van der Waals surface area contributed by atoms with E-state index in [4.69, 9.17) is 0 Å². The molecule has 2 heteroatoms. The van der Waals surface area contributed by atoms with E-state index in [0.717, 1.165) is 17.1 Å². The zero-order chi connectivity index (χ0) is 35.6. The second-order valence-corrected chi connectivity index (χ2v) is 15.2. The van der Waals surface area contributed by atoms with Gasteiger partial charge in [0.2, 0.25) is 0 Å². The van der Waals surface area contributed by atoms with Crippen LogP contribution in [0.3, 0.4) is 0 Å². The fraction of sp³-hybridized carbons (Fsp3) is 0. The number of nitrogens with zero attached hydrogens (tertiary/aromatic N) is 1. The van der Waals surface area contributed by atoms with E-state index >= 15 is 0 Å². The van der Waals surface area contributed by atoms with Gasteiger partial charge in [0, 0.05) is 37.2 Å². The van der Waals surface area contributed by atoms with Gasteiger partial charge in [0.05, 0.1) is 0 Å². The first-order valence-electron chi connectivity index (χ1n) is 18.5. The minimum atomic E-state index is 1.12. The summed E-state index contributed by atoms with van der Waals surface area (Å²) < 4.78 is 2.65. The van der Waals surface area contributed by atoms with Crippen LogP contribution in [0.1, 0.15) is 0 Å². The Morgan fingerprint density at radius 2 is 0.833 bits per heavy atom. The molecule has 0 atom stereocenters. The van der Waals surface area contributed by atoms with Crippen LogP contribution in [0.5, 0.6) is 0 Å². The molecule has 0 amide bonds. The molecule has 0 radical (unpaired) electrons. The molecule has 1 nitrogen and oxygen atoms in total. The molecular formula is C52H33NS. The molecule has 1 heterocycles. The Bertz CT molecular complexity index is 3210. The second-order valence-electron chi connectivity index (χ2n) is 14.1. The largest absolute Gasteiger partial charge is 0.310 e. The quantitative estimate of drug-likeness (QED) is 0.161. The fourth-order valence-corrected chi connectivity index (χ4v) is 9.55. The fourth-order valence-electron chi connectivity index (χ4n) is 8.33. The highest BCUT2D eigenvalue weighted by Crippen LogP contribution is 2.44. The van der Waals surface area contributed by atoms with Gasteiger partial charge in [-0.3, -0.25) is 0 Å². The molecular weight excluding hydrogens is 671 g/mol. The highest BCUT2D eigenvalue weighted by atomic mass is 32.1. The molecule has 0 aliphatic heterocycles. The van der Waals surface area contributed by atoms with Crippen molar-refractivity contribution in [2.75, 3.05) is 4.90 Å². The van der Waals surface area contributed by atoms with E-state index in [1.165, 1.54) is 85.5 Å². The maximum absolute atomic E-state index is 2.40. The molecule has 0 saturated carbocycles. The van der Waals surface area contributed by atoms with Gasteiger partial charge in [-0.05, 0) is 114 Å². The van der Waals surface area contributed by atoms with Crippen molar-refractivity contribution in [1.82, 2.24) is 0 Å². The van der Waals surface area contributed by atoms with Crippen molar-refractivity contribution in [3.05, 3.63) is 200 Å². The van der Waals surface area contributed by atoms with E-state index in [1.807, 2.05) is 11.3 Å². The molecule has 0 saturated heterocycles. The van der Waals surface area contributed by atoms with Gasteiger partial charge in [-0.1, -0.05) is 152 Å². The SMILES string of the molecule is c1ccc(-c2cccc(N(c3ccc(-c4ccc5ccc6c7ccccc7ccc6c5c4)cc3)c3ccc4sc5c6ccccc6ccc5c4c3)c2)cc1. The summed E-state index contributed by atoms with van der Waals surface area (Å²) in [5, 5.41) is 12.9. The molecule has 10 aromatic carbocycles. The Hall–Kier alpha value is -6.74. The van der Waals surface area contributed by atoms with E-state index in [9.17, 15) is 0 Å². The monoisotopic (exact) mass is 703 g/mol. The van der Waals surface area contributed by atoms with Crippen molar-refractivity contribution in [3.8, 4) is 22.3 Å². The van der Waals surface area contributed by atoms with Crippen LogP contribution in [0.4, 0.5) is 17.1 Å². The van der Waals surface area contributed by atoms with Crippen LogP contribution in [0, 0.1) is 0 Å². The number of thiophene rings is 1. The maximum atomic E-state index is 2.40. The van der Waals surface area contributed by atoms with Gasteiger partial charge in [0.15, 0.2) is 0 Å². The summed E-state index contributed by atoms with van der Waals surface area (Å²) in [6.07, 6.45) is 0. The summed E-state index contributed by atoms with van der Waals surface area (Å²) in [7, 11) is 0. The van der Waals surface area contributed by atoms with Crippen molar-refractivity contribution in [2.24, 2.45) is 0 Å². The molecule has 0 aliphatic carbocycles. The van der Waals surface area contributed by atoms with Crippen molar-refractivity contribution in [1.29, 1.82) is 0 Å². The first-order valence-corrected chi connectivity index (χ1v) is 19.3. The highest BCUT2D eigenvalue weighted by Gasteiger charge is 2.17. The third kappa shape index (κ3) is 5.07. The predicted molar refractivity (Wildman–Crippen MR) is 235 cm³/mol. The summed E-state index contributed by atoms with van der Waals surface area (Å²) >= 11 is 1.89. The van der Waals surface area contributed by atoms with Crippen molar-refractivity contribution < 1.29 is 0 Å². The Kier molecular flexibility index (Phi) is 7.11. The van der Waals surface area contributed by atoms with Gasteiger partial charge in [0.1, 0.15) is 0 Å². The molecule has 0 bridgehead atoms. The van der Waals surface area contributed by atoms with Crippen LogP contribution in [-0.4, -0.2) is 0 Å². The van der Waals surface area contributed by atoms with Crippen LogP contribution >= 0.6 is 11.3 Å². The van der Waals surface area contributed by atoms with E-state index in [2.05, 4.69) is 205 Å². The van der Waals surface area contributed by atoms with Gasteiger partial charge in [-0.15, -0.1) is 11.3 Å². The Morgan fingerprint density at radius 1 is 0.278 bits per heavy atom. The number of fused-ring (bicyclic) bond motifs is 10. The molecule has 0 spiro atoms. The third-order valence-corrected chi connectivity index (χ3v) is 12.2. The van der Waals surface area contributed by atoms with Gasteiger partial charge in [-0.25, -0.2) is 0 Å². The molecule has 0 fully saturated rings. The third-order valence-electron chi connectivity index (χ3n) is 11.0. The summed E-state index contributed by atoms with van der Waals surface area (Å²) in [4.78, 5) is 2.40.